The molecule has 0 saturated heterocycles. The van der Waals surface area contributed by atoms with E-state index in [0.717, 1.165) is 12.1 Å². The maximum Gasteiger partial charge on any atom is 0.469 e. The Kier molecular flexibility index (Phi) is 23.5. The summed E-state index contributed by atoms with van der Waals surface area (Å²) < 4.78 is 16.1. The average molecular weight is 1030 g/mol. The van der Waals surface area contributed by atoms with Crippen molar-refractivity contribution >= 4 is 71.9 Å². The third-order valence-corrected chi connectivity index (χ3v) is 11.3. The summed E-state index contributed by atoms with van der Waals surface area (Å²) in [7, 11) is -5.22. The van der Waals surface area contributed by atoms with Crippen molar-refractivity contribution < 1.29 is 78.1 Å². The van der Waals surface area contributed by atoms with Crippen LogP contribution in [0.15, 0.2) is 59.4 Å². The minimum Gasteiger partial charge on any atom is -0.394 e. The summed E-state index contributed by atoms with van der Waals surface area (Å²) in [6, 6.07) is 1.55. The molecule has 7 amide bonds. The van der Waals surface area contributed by atoms with Gasteiger partial charge in [0.2, 0.25) is 46.9 Å². The zero-order valence-electron chi connectivity index (χ0n) is 37.5. The van der Waals surface area contributed by atoms with Crippen molar-refractivity contribution in [3.63, 3.8) is 0 Å². The third kappa shape index (κ3) is 20.8. The van der Waals surface area contributed by atoms with Crippen molar-refractivity contribution in [2.24, 2.45) is 11.5 Å². The van der Waals surface area contributed by atoms with E-state index >= 15 is 0 Å². The molecule has 0 fully saturated rings. The van der Waals surface area contributed by atoms with E-state index in [0.29, 0.717) is 30.6 Å². The quantitative estimate of drug-likeness (QED) is 0.0127. The molecule has 2 aromatic carbocycles. The van der Waals surface area contributed by atoms with Crippen LogP contribution in [0.25, 0.3) is 0 Å². The summed E-state index contributed by atoms with van der Waals surface area (Å²) in [6.45, 7) is -1.68. The molecule has 70 heavy (non-hydrogen) atoms. The van der Waals surface area contributed by atoms with Crippen LogP contribution in [0.1, 0.15) is 48.9 Å². The number of nitro benzene ring substituents is 2. The molecule has 0 bridgehead atoms. The number of quaternary nitrogens is 1. The van der Waals surface area contributed by atoms with Crippen molar-refractivity contribution in [2.45, 2.75) is 87.6 Å². The first-order valence-corrected chi connectivity index (χ1v) is 23.9. The molecule has 1 heterocycles. The number of unbranched alkanes of at least 4 members (excludes halogenated alkanes) is 1. The number of carbonyl (C=O) groups is 7. The van der Waals surface area contributed by atoms with E-state index in [1.807, 2.05) is 0 Å². The van der Waals surface area contributed by atoms with Gasteiger partial charge in [0.1, 0.15) is 24.2 Å². The number of carbonyl (C=O) groups excluding carboxylic acids is 7. The van der Waals surface area contributed by atoms with E-state index in [-0.39, 0.29) is 49.2 Å². The van der Waals surface area contributed by atoms with Crippen LogP contribution >= 0.6 is 19.2 Å². The predicted molar refractivity (Wildman–Crippen MR) is 244 cm³/mol. The number of amides is 7. The molecule has 0 aliphatic carbocycles. The number of thiazole rings is 1. The first kappa shape index (κ1) is 57.5. The summed E-state index contributed by atoms with van der Waals surface area (Å²) >= 11 is 1.28. The van der Waals surface area contributed by atoms with Gasteiger partial charge < -0.3 is 64.0 Å². The van der Waals surface area contributed by atoms with Gasteiger partial charge in [-0.1, -0.05) is 35.6 Å². The number of rotatable bonds is 31. The summed E-state index contributed by atoms with van der Waals surface area (Å²) in [5.41, 5.74) is 17.6. The molecule has 382 valence electrons. The standard InChI is InChI=1S/C40H55N12O16PS/c41-13-2-1-3-30(36(43)56)48-39(59)31(15-23-4-8-27(9-5-23)51(61)62)47-34(54)12-14-44-35(55)18-25(19-53)46-38(58)32(16-24-6-10-28(11-7-24)52(63)64)49-40(60)33(20-68-69(65,66)67)50-37(57)29(42)17-26-21-70-22-45-26/h4-11,21-22,25,29-33,53H,1-3,12-20,41-42H2,(H2,43,56)(H,44,55)(H,46,58)(H,47,54)(H,48,59)(H,49,60)(H,50,57)(H2,65,66,67)/p+2/t25-,29+,30+,31+,32+,33+/m1/s1. The van der Waals surface area contributed by atoms with Gasteiger partial charge in [-0.2, -0.15) is 0 Å². The number of aromatic amines is 1. The molecule has 0 aliphatic rings. The SMILES string of the molecule is NC(=O)[C@H](CCCC[NH3+])NC(=O)[C@H](Cc1ccc([N+](=O)[O-])cc1)NC(=O)CCNC(=O)C[C@H](CO)NC(=O)[C@H](Cc1ccc([N+](=O)[O-])cc1)NC(=O)[C@H](COP(=O)(O)O)NC(=O)[C@@H](N)Cc1csc[nH+]1. The highest BCUT2D eigenvalue weighted by Gasteiger charge is 2.33. The molecule has 0 unspecified atom stereocenters. The number of aliphatic hydroxyl groups is 1. The third-order valence-electron chi connectivity index (χ3n) is 10.1. The molecule has 0 aliphatic heterocycles. The molecule has 30 heteroatoms. The molecule has 0 spiro atoms. The number of nitrogens with two attached hydrogens (primary N) is 2. The van der Waals surface area contributed by atoms with E-state index in [9.17, 15) is 73.2 Å². The van der Waals surface area contributed by atoms with Crippen LogP contribution in [0, 0.1) is 20.2 Å². The Morgan fingerprint density at radius 2 is 1.29 bits per heavy atom. The van der Waals surface area contributed by atoms with Crippen LogP contribution in [0.3, 0.4) is 0 Å². The van der Waals surface area contributed by atoms with Crippen LogP contribution in [-0.2, 0) is 61.9 Å². The molecular formula is C40H57N12O16PS+2. The summed E-state index contributed by atoms with van der Waals surface area (Å²) in [5.74, 6) is -6.28. The van der Waals surface area contributed by atoms with Gasteiger partial charge in [-0.3, -0.25) is 58.3 Å². The summed E-state index contributed by atoms with van der Waals surface area (Å²) in [4.78, 5) is 135. The lowest BCUT2D eigenvalue weighted by molar-refractivity contribution is -0.385. The Balaban J connectivity index is 1.71. The lowest BCUT2D eigenvalue weighted by atomic mass is 10.0. The lowest BCUT2D eigenvalue weighted by Gasteiger charge is -2.25. The van der Waals surface area contributed by atoms with Crippen LogP contribution in [0.2, 0.25) is 0 Å². The van der Waals surface area contributed by atoms with E-state index in [2.05, 4.69) is 47.1 Å². The molecule has 3 rings (SSSR count). The van der Waals surface area contributed by atoms with Crippen molar-refractivity contribution in [1.29, 1.82) is 0 Å². The highest BCUT2D eigenvalue weighted by atomic mass is 32.1. The minimum atomic E-state index is -5.22. The number of phosphoric acid groups is 1. The average Bonchev–Trinajstić information content (AvgIpc) is 3.82. The minimum absolute atomic E-state index is 0.0270. The second-order valence-corrected chi connectivity index (χ2v) is 17.6. The molecule has 3 aromatic rings. The molecule has 17 N–H and O–H groups in total. The van der Waals surface area contributed by atoms with Crippen LogP contribution in [-0.4, -0.2) is 129 Å². The Morgan fingerprint density at radius 1 is 0.757 bits per heavy atom. The monoisotopic (exact) mass is 1020 g/mol. The number of primary amides is 1. The fourth-order valence-electron chi connectivity index (χ4n) is 6.42. The van der Waals surface area contributed by atoms with Gasteiger partial charge in [-0.05, 0) is 30.4 Å². The van der Waals surface area contributed by atoms with E-state index < -0.39 is 121 Å². The van der Waals surface area contributed by atoms with Crippen molar-refractivity contribution in [1.82, 2.24) is 31.9 Å². The van der Waals surface area contributed by atoms with Gasteiger partial charge in [-0.25, -0.2) is 9.55 Å². The second kappa shape index (κ2) is 28.6. The van der Waals surface area contributed by atoms with E-state index in [1.165, 1.54) is 47.7 Å². The Bertz CT molecular complexity index is 2320. The van der Waals surface area contributed by atoms with Gasteiger partial charge in [0.15, 0.2) is 5.69 Å². The second-order valence-electron chi connectivity index (χ2n) is 15.6. The lowest BCUT2D eigenvalue weighted by Crippen LogP contribution is -2.58. The first-order chi connectivity index (χ1) is 33.1. The van der Waals surface area contributed by atoms with Crippen molar-refractivity contribution in [2.75, 3.05) is 26.3 Å². The Hall–Kier alpha value is -6.85. The molecule has 1 aromatic heterocycles. The predicted octanol–water partition coefficient (Wildman–Crippen LogP) is -3.95. The number of nitrogens with one attached hydrogen (secondary N) is 7. The van der Waals surface area contributed by atoms with Crippen LogP contribution < -0.4 is 54.1 Å². The number of nitro groups is 2. The summed E-state index contributed by atoms with van der Waals surface area (Å²) in [5, 5.41) is 48.7. The van der Waals surface area contributed by atoms with Crippen molar-refractivity contribution in [3.8, 4) is 0 Å². The van der Waals surface area contributed by atoms with Crippen molar-refractivity contribution in [3.05, 3.63) is 96.5 Å². The van der Waals surface area contributed by atoms with Gasteiger partial charge in [0.25, 0.3) is 11.4 Å². The van der Waals surface area contributed by atoms with Gasteiger partial charge in [0.05, 0.1) is 53.5 Å². The topological polar surface area (TPSA) is 459 Å². The molecular weight excluding hydrogens is 968 g/mol. The number of aliphatic hydroxyl groups excluding tert-OH is 1. The number of non-ortho nitro benzene ring substituents is 2. The van der Waals surface area contributed by atoms with E-state index in [1.54, 1.807) is 10.9 Å². The fourth-order valence-corrected chi connectivity index (χ4v) is 7.38. The maximum atomic E-state index is 13.8. The normalized spacial score (nSPS) is 13.8. The number of hydrogen-bond donors (Lipinski definition) is 12. The fraction of sp³-hybridized carbons (Fsp3) is 0.450. The number of H-pyrrole nitrogens is 1. The first-order valence-electron chi connectivity index (χ1n) is 21.4. The summed E-state index contributed by atoms with van der Waals surface area (Å²) in [6.07, 6.45) is -0.192. The molecule has 6 atom stereocenters. The zero-order valence-corrected chi connectivity index (χ0v) is 39.2. The Morgan fingerprint density at radius 3 is 1.79 bits per heavy atom. The highest BCUT2D eigenvalue weighted by molar-refractivity contribution is 7.46. The van der Waals surface area contributed by atoms with Gasteiger partial charge in [0, 0.05) is 56.5 Å². The van der Waals surface area contributed by atoms with Crippen LogP contribution in [0.4, 0.5) is 11.4 Å². The smallest absolute Gasteiger partial charge is 0.394 e. The van der Waals surface area contributed by atoms with Crippen LogP contribution in [0.5, 0.6) is 0 Å². The number of benzene rings is 2. The van der Waals surface area contributed by atoms with Gasteiger partial charge >= 0.3 is 7.82 Å². The highest BCUT2D eigenvalue weighted by Crippen LogP contribution is 2.35. The maximum absolute atomic E-state index is 13.8. The Labute approximate surface area is 402 Å². The number of hydrogen-bond acceptors (Lipinski definition) is 16. The number of aromatic nitrogens is 1. The molecule has 0 saturated carbocycles. The van der Waals surface area contributed by atoms with E-state index in [4.69, 9.17) is 11.5 Å². The largest absolute Gasteiger partial charge is 0.469 e. The molecule has 0 radical (unpaired) electrons. The molecule has 28 nitrogen and oxygen atoms in total. The number of phosphoric ester groups is 1. The number of nitrogens with zero attached hydrogens (tertiary/aromatic N) is 2. The zero-order chi connectivity index (χ0) is 52.0. The van der Waals surface area contributed by atoms with Gasteiger partial charge in [-0.15, -0.1) is 0 Å².